The molecular formula is C9H18O. The number of ether oxygens (including phenoxy) is 1. The highest BCUT2D eigenvalue weighted by Crippen LogP contribution is 1.93. The highest BCUT2D eigenvalue weighted by atomic mass is 16.5. The van der Waals surface area contributed by atoms with Gasteiger partial charge in [-0.15, -0.1) is 0 Å². The molecule has 0 aliphatic carbocycles. The van der Waals surface area contributed by atoms with Gasteiger partial charge < -0.3 is 4.74 Å². The first-order valence-corrected chi connectivity index (χ1v) is 4.10. The summed E-state index contributed by atoms with van der Waals surface area (Å²) >= 11 is 0. The minimum atomic E-state index is 0.778. The number of allylic oxidation sites excluding steroid dienone is 1. The summed E-state index contributed by atoms with van der Waals surface area (Å²) in [5.41, 5.74) is 0. The van der Waals surface area contributed by atoms with E-state index in [0.717, 1.165) is 13.2 Å². The maximum Gasteiger partial charge on any atom is 0.0647 e. The van der Waals surface area contributed by atoms with Crippen LogP contribution in [0.4, 0.5) is 0 Å². The van der Waals surface area contributed by atoms with Gasteiger partial charge in [0.1, 0.15) is 0 Å². The molecule has 0 heterocycles. The van der Waals surface area contributed by atoms with Gasteiger partial charge in [-0.05, 0) is 13.3 Å². The molecule has 0 aromatic carbocycles. The molecule has 0 aliphatic heterocycles. The summed E-state index contributed by atoms with van der Waals surface area (Å²) in [6.45, 7) is 5.90. The summed E-state index contributed by atoms with van der Waals surface area (Å²) in [6, 6.07) is 0. The lowest BCUT2D eigenvalue weighted by Gasteiger charge is -1.98. The maximum absolute atomic E-state index is 5.29. The van der Waals surface area contributed by atoms with E-state index in [1.165, 1.54) is 19.3 Å². The molecule has 1 nitrogen and oxygen atoms in total. The lowest BCUT2D eigenvalue weighted by Crippen LogP contribution is -1.93. The first-order valence-electron chi connectivity index (χ1n) is 4.10. The van der Waals surface area contributed by atoms with E-state index < -0.39 is 0 Å². The summed E-state index contributed by atoms with van der Waals surface area (Å²) in [6.07, 6.45) is 7.81. The van der Waals surface area contributed by atoms with Crippen molar-refractivity contribution in [3.8, 4) is 0 Å². The molecule has 0 aliphatic rings. The molecule has 0 atom stereocenters. The van der Waals surface area contributed by atoms with Gasteiger partial charge >= 0.3 is 0 Å². The van der Waals surface area contributed by atoms with Crippen molar-refractivity contribution in [1.82, 2.24) is 0 Å². The Morgan fingerprint density at radius 2 is 2.10 bits per heavy atom. The average molecular weight is 142 g/mol. The largest absolute Gasteiger partial charge is 0.377 e. The lowest BCUT2D eigenvalue weighted by molar-refractivity contribution is 0.157. The van der Waals surface area contributed by atoms with Crippen molar-refractivity contribution in [1.29, 1.82) is 0 Å². The second-order valence-electron chi connectivity index (χ2n) is 2.35. The fraction of sp³-hybridized carbons (Fsp3) is 0.778. The first-order chi connectivity index (χ1) is 4.91. The molecule has 0 aromatic rings. The smallest absolute Gasteiger partial charge is 0.0647 e. The second-order valence-corrected chi connectivity index (χ2v) is 2.35. The molecule has 10 heavy (non-hydrogen) atoms. The molecule has 0 unspecified atom stereocenters. The van der Waals surface area contributed by atoms with Crippen molar-refractivity contribution in [2.45, 2.75) is 33.1 Å². The molecule has 0 fully saturated rings. The summed E-state index contributed by atoms with van der Waals surface area (Å²) in [5.74, 6) is 0. The monoisotopic (exact) mass is 142 g/mol. The van der Waals surface area contributed by atoms with Crippen molar-refractivity contribution in [2.75, 3.05) is 13.2 Å². The maximum atomic E-state index is 5.29. The van der Waals surface area contributed by atoms with Gasteiger partial charge in [0.25, 0.3) is 0 Å². The molecule has 0 N–H and O–H groups in total. The van der Waals surface area contributed by atoms with E-state index in [4.69, 9.17) is 4.74 Å². The Kier molecular flexibility index (Phi) is 8.44. The van der Waals surface area contributed by atoms with Crippen molar-refractivity contribution in [2.24, 2.45) is 0 Å². The highest BCUT2D eigenvalue weighted by molar-refractivity contribution is 4.75. The van der Waals surface area contributed by atoms with Gasteiger partial charge in [-0.2, -0.15) is 0 Å². The van der Waals surface area contributed by atoms with E-state index in [2.05, 4.69) is 6.92 Å². The van der Waals surface area contributed by atoms with Crippen molar-refractivity contribution in [3.63, 3.8) is 0 Å². The van der Waals surface area contributed by atoms with Gasteiger partial charge in [-0.1, -0.05) is 31.9 Å². The Bertz CT molecular complexity index is 76.8. The average Bonchev–Trinajstić information content (AvgIpc) is 1.97. The van der Waals surface area contributed by atoms with Crippen molar-refractivity contribution < 1.29 is 4.74 Å². The fourth-order valence-corrected chi connectivity index (χ4v) is 0.702. The van der Waals surface area contributed by atoms with E-state index in [1.807, 2.05) is 19.1 Å². The second kappa shape index (κ2) is 8.70. The van der Waals surface area contributed by atoms with Crippen LogP contribution in [-0.2, 0) is 4.74 Å². The van der Waals surface area contributed by atoms with Gasteiger partial charge in [0, 0.05) is 6.61 Å². The third-order valence-electron chi connectivity index (χ3n) is 1.34. The Morgan fingerprint density at radius 1 is 1.30 bits per heavy atom. The Hall–Kier alpha value is -0.300. The molecule has 0 amide bonds. The molecule has 0 bridgehead atoms. The first kappa shape index (κ1) is 9.70. The molecule has 60 valence electrons. The van der Waals surface area contributed by atoms with Crippen molar-refractivity contribution >= 4 is 0 Å². The molecule has 0 aromatic heterocycles. The molecular weight excluding hydrogens is 124 g/mol. The van der Waals surface area contributed by atoms with E-state index >= 15 is 0 Å². The lowest BCUT2D eigenvalue weighted by atomic mass is 10.3. The summed E-state index contributed by atoms with van der Waals surface area (Å²) in [7, 11) is 0. The van der Waals surface area contributed by atoms with E-state index in [9.17, 15) is 0 Å². The van der Waals surface area contributed by atoms with Crippen LogP contribution in [0.5, 0.6) is 0 Å². The third kappa shape index (κ3) is 7.70. The number of hydrogen-bond acceptors (Lipinski definition) is 1. The zero-order chi connectivity index (χ0) is 7.66. The number of rotatable bonds is 6. The van der Waals surface area contributed by atoms with Crippen LogP contribution < -0.4 is 0 Å². The summed E-state index contributed by atoms with van der Waals surface area (Å²) in [4.78, 5) is 0. The van der Waals surface area contributed by atoms with Gasteiger partial charge in [0.2, 0.25) is 0 Å². The van der Waals surface area contributed by atoms with Crippen LogP contribution in [0.25, 0.3) is 0 Å². The molecule has 0 radical (unpaired) electrons. The fourth-order valence-electron chi connectivity index (χ4n) is 0.702. The molecule has 0 saturated carbocycles. The van der Waals surface area contributed by atoms with E-state index in [-0.39, 0.29) is 0 Å². The van der Waals surface area contributed by atoms with Crippen LogP contribution in [0.2, 0.25) is 0 Å². The van der Waals surface area contributed by atoms with Crippen LogP contribution in [0.15, 0.2) is 12.2 Å². The van der Waals surface area contributed by atoms with Crippen molar-refractivity contribution in [3.05, 3.63) is 12.2 Å². The van der Waals surface area contributed by atoms with Crippen LogP contribution in [0.1, 0.15) is 33.1 Å². The SMILES string of the molecule is C/C=C/COCCCCC. The van der Waals surface area contributed by atoms with Gasteiger partial charge in [-0.3, -0.25) is 0 Å². The number of hydrogen-bond donors (Lipinski definition) is 0. The van der Waals surface area contributed by atoms with Crippen LogP contribution in [-0.4, -0.2) is 13.2 Å². The summed E-state index contributed by atoms with van der Waals surface area (Å²) in [5, 5.41) is 0. The van der Waals surface area contributed by atoms with Crippen LogP contribution in [0.3, 0.4) is 0 Å². The quantitative estimate of drug-likeness (QED) is 0.409. The van der Waals surface area contributed by atoms with Crippen LogP contribution >= 0.6 is 0 Å². The molecule has 1 heteroatoms. The predicted octanol–water partition coefficient (Wildman–Crippen LogP) is 2.77. The van der Waals surface area contributed by atoms with Gasteiger partial charge in [0.05, 0.1) is 6.61 Å². The third-order valence-corrected chi connectivity index (χ3v) is 1.34. The van der Waals surface area contributed by atoms with Gasteiger partial charge in [-0.25, -0.2) is 0 Å². The molecule has 0 saturated heterocycles. The Morgan fingerprint density at radius 3 is 2.70 bits per heavy atom. The minimum absolute atomic E-state index is 0.778. The number of unbranched alkanes of at least 4 members (excludes halogenated alkanes) is 2. The Balaban J connectivity index is 2.77. The topological polar surface area (TPSA) is 9.23 Å². The highest BCUT2D eigenvalue weighted by Gasteiger charge is 1.83. The molecule has 0 spiro atoms. The van der Waals surface area contributed by atoms with E-state index in [1.54, 1.807) is 0 Å². The zero-order valence-corrected chi connectivity index (χ0v) is 7.10. The predicted molar refractivity (Wildman–Crippen MR) is 45.2 cm³/mol. The van der Waals surface area contributed by atoms with Gasteiger partial charge in [0.15, 0.2) is 0 Å². The summed E-state index contributed by atoms with van der Waals surface area (Å²) < 4.78 is 5.29. The zero-order valence-electron chi connectivity index (χ0n) is 7.10. The normalized spacial score (nSPS) is 11.0. The minimum Gasteiger partial charge on any atom is -0.377 e. The molecule has 0 rings (SSSR count). The Labute approximate surface area is 64.1 Å². The standard InChI is InChI=1S/C9H18O/c1-3-5-7-9-10-8-6-4-2/h4,6H,3,5,7-9H2,1-2H3/b6-4+. The van der Waals surface area contributed by atoms with E-state index in [0.29, 0.717) is 0 Å². The van der Waals surface area contributed by atoms with Crippen LogP contribution in [0, 0.1) is 0 Å².